The second-order valence-electron chi connectivity index (χ2n) is 7.44. The summed E-state index contributed by atoms with van der Waals surface area (Å²) in [5.41, 5.74) is 2.62. The summed E-state index contributed by atoms with van der Waals surface area (Å²) in [4.78, 5) is 30.9. The molecular formula is C22H24FN3O2. The van der Waals surface area contributed by atoms with Crippen LogP contribution in [0.15, 0.2) is 48.5 Å². The largest absolute Gasteiger partial charge is 0.366 e. The molecule has 1 fully saturated rings. The third kappa shape index (κ3) is 3.46. The van der Waals surface area contributed by atoms with Crippen molar-refractivity contribution in [1.82, 2.24) is 4.90 Å². The van der Waals surface area contributed by atoms with E-state index in [1.54, 1.807) is 21.9 Å². The van der Waals surface area contributed by atoms with E-state index in [-0.39, 0.29) is 30.1 Å². The van der Waals surface area contributed by atoms with E-state index in [0.717, 1.165) is 17.7 Å². The van der Waals surface area contributed by atoms with Gasteiger partial charge in [-0.25, -0.2) is 4.39 Å². The third-order valence-electron chi connectivity index (χ3n) is 5.60. The number of anilines is 2. The highest BCUT2D eigenvalue weighted by atomic mass is 19.1. The zero-order valence-corrected chi connectivity index (χ0v) is 16.0. The molecule has 2 aromatic carbocycles. The molecule has 2 heterocycles. The molecule has 0 bridgehead atoms. The van der Waals surface area contributed by atoms with E-state index in [4.69, 9.17) is 0 Å². The summed E-state index contributed by atoms with van der Waals surface area (Å²) >= 11 is 0. The first-order valence-corrected chi connectivity index (χ1v) is 9.72. The number of para-hydroxylation sites is 2. The van der Waals surface area contributed by atoms with Crippen molar-refractivity contribution in [3.8, 4) is 0 Å². The van der Waals surface area contributed by atoms with Crippen molar-refractivity contribution >= 4 is 23.2 Å². The minimum atomic E-state index is -0.251. The molecule has 2 amide bonds. The van der Waals surface area contributed by atoms with Crippen molar-refractivity contribution in [2.75, 3.05) is 36.0 Å². The Kier molecular flexibility index (Phi) is 5.03. The van der Waals surface area contributed by atoms with E-state index in [1.165, 1.54) is 6.07 Å². The lowest BCUT2D eigenvalue weighted by Gasteiger charge is -2.36. The summed E-state index contributed by atoms with van der Waals surface area (Å²) in [5, 5.41) is 0. The number of carbonyl (C=O) groups is 2. The van der Waals surface area contributed by atoms with Gasteiger partial charge in [-0.3, -0.25) is 9.59 Å². The SMILES string of the molecule is CC1Cc2ccccc2N1C(=O)CC(=O)N1CCN(c2ccccc2F)CC1. The van der Waals surface area contributed by atoms with Gasteiger partial charge in [0.1, 0.15) is 12.2 Å². The maximum atomic E-state index is 14.0. The van der Waals surface area contributed by atoms with Gasteiger partial charge in [-0.05, 0) is 37.1 Å². The van der Waals surface area contributed by atoms with Crippen molar-refractivity contribution in [1.29, 1.82) is 0 Å². The van der Waals surface area contributed by atoms with Gasteiger partial charge in [0.05, 0.1) is 5.69 Å². The molecule has 2 aliphatic rings. The fourth-order valence-electron chi connectivity index (χ4n) is 4.18. The van der Waals surface area contributed by atoms with Crippen LogP contribution in [0.1, 0.15) is 18.9 Å². The molecule has 28 heavy (non-hydrogen) atoms. The Labute approximate surface area is 164 Å². The minimum absolute atomic E-state index is 0.0654. The van der Waals surface area contributed by atoms with Crippen LogP contribution in [0.5, 0.6) is 0 Å². The van der Waals surface area contributed by atoms with Gasteiger partial charge in [0.25, 0.3) is 0 Å². The second kappa shape index (κ2) is 7.62. The minimum Gasteiger partial charge on any atom is -0.366 e. The van der Waals surface area contributed by atoms with Crippen LogP contribution < -0.4 is 9.80 Å². The van der Waals surface area contributed by atoms with E-state index in [1.807, 2.05) is 42.2 Å². The van der Waals surface area contributed by atoms with E-state index in [9.17, 15) is 14.0 Å². The number of hydrogen-bond donors (Lipinski definition) is 0. The van der Waals surface area contributed by atoms with Crippen molar-refractivity contribution < 1.29 is 14.0 Å². The Balaban J connectivity index is 1.36. The topological polar surface area (TPSA) is 43.9 Å². The normalized spacial score (nSPS) is 18.9. The van der Waals surface area contributed by atoms with Gasteiger partial charge >= 0.3 is 0 Å². The van der Waals surface area contributed by atoms with Crippen molar-refractivity contribution in [3.63, 3.8) is 0 Å². The molecule has 1 saturated heterocycles. The van der Waals surface area contributed by atoms with Gasteiger partial charge in [0, 0.05) is 37.9 Å². The maximum absolute atomic E-state index is 14.0. The predicted molar refractivity (Wildman–Crippen MR) is 107 cm³/mol. The molecule has 0 aromatic heterocycles. The van der Waals surface area contributed by atoms with Crippen molar-refractivity contribution in [2.24, 2.45) is 0 Å². The Hall–Kier alpha value is -2.89. The lowest BCUT2D eigenvalue weighted by Crippen LogP contribution is -2.50. The molecule has 0 spiro atoms. The maximum Gasteiger partial charge on any atom is 0.236 e. The van der Waals surface area contributed by atoms with Gasteiger partial charge in [-0.2, -0.15) is 0 Å². The molecular weight excluding hydrogens is 357 g/mol. The Morgan fingerprint density at radius 3 is 2.29 bits per heavy atom. The molecule has 1 atom stereocenters. The average Bonchev–Trinajstić information content (AvgIpc) is 3.04. The molecule has 0 radical (unpaired) electrons. The molecule has 146 valence electrons. The highest BCUT2D eigenvalue weighted by Gasteiger charge is 2.33. The molecule has 5 nitrogen and oxygen atoms in total. The van der Waals surface area contributed by atoms with Crippen LogP contribution in [0, 0.1) is 5.82 Å². The molecule has 6 heteroatoms. The predicted octanol–water partition coefficient (Wildman–Crippen LogP) is 2.84. The number of rotatable bonds is 3. The smallest absolute Gasteiger partial charge is 0.236 e. The molecule has 0 saturated carbocycles. The number of halogens is 1. The number of nitrogens with zero attached hydrogens (tertiary/aromatic N) is 3. The lowest BCUT2D eigenvalue weighted by atomic mass is 10.1. The number of piperazine rings is 1. The first kappa shape index (κ1) is 18.5. The fraction of sp³-hybridized carbons (Fsp3) is 0.364. The van der Waals surface area contributed by atoms with Gasteiger partial charge < -0.3 is 14.7 Å². The quantitative estimate of drug-likeness (QED) is 0.768. The van der Waals surface area contributed by atoms with Crippen LogP contribution in [-0.2, 0) is 16.0 Å². The first-order chi connectivity index (χ1) is 13.5. The summed E-state index contributed by atoms with van der Waals surface area (Å²) in [6, 6.07) is 14.6. The summed E-state index contributed by atoms with van der Waals surface area (Å²) in [6.45, 7) is 4.11. The summed E-state index contributed by atoms with van der Waals surface area (Å²) < 4.78 is 14.0. The summed E-state index contributed by atoms with van der Waals surface area (Å²) in [7, 11) is 0. The van der Waals surface area contributed by atoms with E-state index >= 15 is 0 Å². The van der Waals surface area contributed by atoms with Crippen LogP contribution in [0.25, 0.3) is 0 Å². The molecule has 1 unspecified atom stereocenters. The first-order valence-electron chi connectivity index (χ1n) is 9.72. The number of amides is 2. The molecule has 2 aliphatic heterocycles. The van der Waals surface area contributed by atoms with Crippen molar-refractivity contribution in [2.45, 2.75) is 25.8 Å². The van der Waals surface area contributed by atoms with E-state index in [2.05, 4.69) is 0 Å². The molecule has 2 aromatic rings. The van der Waals surface area contributed by atoms with Crippen LogP contribution >= 0.6 is 0 Å². The molecule has 0 N–H and O–H groups in total. The highest BCUT2D eigenvalue weighted by molar-refractivity contribution is 6.06. The lowest BCUT2D eigenvalue weighted by molar-refractivity contribution is -0.135. The van der Waals surface area contributed by atoms with E-state index in [0.29, 0.717) is 31.9 Å². The zero-order chi connectivity index (χ0) is 19.7. The van der Waals surface area contributed by atoms with E-state index < -0.39 is 0 Å². The van der Waals surface area contributed by atoms with Crippen LogP contribution in [0.2, 0.25) is 0 Å². The summed E-state index contributed by atoms with van der Waals surface area (Å²) in [6.07, 6.45) is 0.690. The van der Waals surface area contributed by atoms with Crippen LogP contribution in [0.3, 0.4) is 0 Å². The Bertz CT molecular complexity index is 893. The van der Waals surface area contributed by atoms with Crippen molar-refractivity contribution in [3.05, 3.63) is 59.9 Å². The number of fused-ring (bicyclic) bond motifs is 1. The number of carbonyl (C=O) groups excluding carboxylic acids is 2. The average molecular weight is 381 g/mol. The Morgan fingerprint density at radius 1 is 0.929 bits per heavy atom. The monoisotopic (exact) mass is 381 g/mol. The number of hydrogen-bond acceptors (Lipinski definition) is 3. The highest BCUT2D eigenvalue weighted by Crippen LogP contribution is 2.32. The standard InChI is InChI=1S/C22H24FN3O2/c1-16-14-17-6-2-4-8-19(17)26(16)22(28)15-21(27)25-12-10-24(11-13-25)20-9-5-3-7-18(20)23/h2-9,16H,10-15H2,1H3. The summed E-state index contributed by atoms with van der Waals surface area (Å²) in [5.74, 6) is -0.562. The van der Waals surface area contributed by atoms with Gasteiger partial charge in [-0.15, -0.1) is 0 Å². The van der Waals surface area contributed by atoms with Gasteiger partial charge in [0.2, 0.25) is 11.8 Å². The zero-order valence-electron chi connectivity index (χ0n) is 16.0. The number of benzene rings is 2. The third-order valence-corrected chi connectivity index (χ3v) is 5.60. The second-order valence-corrected chi connectivity index (χ2v) is 7.44. The molecule has 4 rings (SSSR count). The Morgan fingerprint density at radius 2 is 1.57 bits per heavy atom. The van der Waals surface area contributed by atoms with Gasteiger partial charge in [0.15, 0.2) is 0 Å². The van der Waals surface area contributed by atoms with Crippen LogP contribution in [0.4, 0.5) is 15.8 Å². The van der Waals surface area contributed by atoms with Gasteiger partial charge in [-0.1, -0.05) is 30.3 Å². The van der Waals surface area contributed by atoms with Crippen LogP contribution in [-0.4, -0.2) is 48.9 Å². The fourth-order valence-corrected chi connectivity index (χ4v) is 4.18. The molecule has 0 aliphatic carbocycles.